The molecule has 3 N–H and O–H groups in total. The van der Waals surface area contributed by atoms with Crippen LogP contribution in [-0.2, 0) is 0 Å². The van der Waals surface area contributed by atoms with Crippen molar-refractivity contribution in [2.45, 2.75) is 18.4 Å². The van der Waals surface area contributed by atoms with Crippen molar-refractivity contribution >= 4 is 11.6 Å². The molecule has 1 saturated carbocycles. The molecule has 124 valence electrons. The summed E-state index contributed by atoms with van der Waals surface area (Å²) in [5.74, 6) is 0.872. The van der Waals surface area contributed by atoms with Gasteiger partial charge in [-0.2, -0.15) is 0 Å². The minimum atomic E-state index is -0.137. The molecule has 5 nitrogen and oxygen atoms in total. The van der Waals surface area contributed by atoms with Gasteiger partial charge in [-0.1, -0.05) is 24.3 Å². The quantitative estimate of drug-likeness (QED) is 0.770. The summed E-state index contributed by atoms with van der Waals surface area (Å²) in [5, 5.41) is 2.94. The number of aromatic nitrogens is 2. The van der Waals surface area contributed by atoms with E-state index in [2.05, 4.69) is 15.3 Å². The maximum atomic E-state index is 12.6. The van der Waals surface area contributed by atoms with Gasteiger partial charge in [0.05, 0.1) is 0 Å². The molecule has 1 amide bonds. The molecule has 0 aliphatic heterocycles. The van der Waals surface area contributed by atoms with Crippen LogP contribution >= 0.6 is 0 Å². The van der Waals surface area contributed by atoms with E-state index >= 15 is 0 Å². The predicted octanol–water partition coefficient (Wildman–Crippen LogP) is 3.21. The monoisotopic (exact) mass is 330 g/mol. The highest BCUT2D eigenvalue weighted by Crippen LogP contribution is 2.39. The lowest BCUT2D eigenvalue weighted by atomic mass is 10.1. The lowest BCUT2D eigenvalue weighted by molar-refractivity contribution is 0.102. The maximum Gasteiger partial charge on any atom is 0.255 e. The topological polar surface area (TPSA) is 80.9 Å². The van der Waals surface area contributed by atoms with Crippen molar-refractivity contribution in [3.05, 3.63) is 78.1 Å². The third-order valence-electron chi connectivity index (χ3n) is 4.36. The molecule has 0 unspecified atom stereocenters. The molecule has 1 aliphatic carbocycles. The molecule has 0 bridgehead atoms. The molecule has 5 heteroatoms. The van der Waals surface area contributed by atoms with E-state index in [1.807, 2.05) is 48.5 Å². The molecule has 1 aromatic heterocycles. The number of amides is 1. The SMILES string of the molecule is N[C@@H]1C[C@H]1c1cccc(C(=O)Nc2cccc(-c3ncccn3)c2)c1. The zero-order valence-corrected chi connectivity index (χ0v) is 13.6. The number of nitrogens with two attached hydrogens (primary N) is 1. The van der Waals surface area contributed by atoms with Crippen LogP contribution in [0.25, 0.3) is 11.4 Å². The Morgan fingerprint density at radius 2 is 1.80 bits per heavy atom. The van der Waals surface area contributed by atoms with E-state index in [1.165, 1.54) is 0 Å². The summed E-state index contributed by atoms with van der Waals surface area (Å²) in [4.78, 5) is 21.0. The smallest absolute Gasteiger partial charge is 0.255 e. The number of nitrogens with one attached hydrogen (secondary N) is 1. The largest absolute Gasteiger partial charge is 0.327 e. The number of carbonyl (C=O) groups excluding carboxylic acids is 1. The van der Waals surface area contributed by atoms with E-state index in [-0.39, 0.29) is 11.9 Å². The molecule has 25 heavy (non-hydrogen) atoms. The Kier molecular flexibility index (Phi) is 3.99. The Morgan fingerprint density at radius 1 is 1.04 bits per heavy atom. The second kappa shape index (κ2) is 6.45. The average molecular weight is 330 g/mol. The van der Waals surface area contributed by atoms with Gasteiger partial charge in [0.1, 0.15) is 0 Å². The van der Waals surface area contributed by atoms with Crippen LogP contribution in [0.15, 0.2) is 67.0 Å². The number of carbonyl (C=O) groups is 1. The Morgan fingerprint density at radius 3 is 2.56 bits per heavy atom. The van der Waals surface area contributed by atoms with Crippen molar-refractivity contribution in [2.75, 3.05) is 5.32 Å². The Hall–Kier alpha value is -3.05. The first kappa shape index (κ1) is 15.5. The minimum absolute atomic E-state index is 0.137. The number of benzene rings is 2. The lowest BCUT2D eigenvalue weighted by Gasteiger charge is -2.08. The molecule has 0 saturated heterocycles. The highest BCUT2D eigenvalue weighted by atomic mass is 16.1. The fourth-order valence-electron chi connectivity index (χ4n) is 2.90. The van der Waals surface area contributed by atoms with E-state index in [4.69, 9.17) is 5.73 Å². The van der Waals surface area contributed by atoms with Crippen LogP contribution in [0.2, 0.25) is 0 Å². The van der Waals surface area contributed by atoms with E-state index in [1.54, 1.807) is 18.5 Å². The molecule has 0 radical (unpaired) electrons. The van der Waals surface area contributed by atoms with E-state index in [9.17, 15) is 4.79 Å². The molecular weight excluding hydrogens is 312 g/mol. The fraction of sp³-hybridized carbons (Fsp3) is 0.150. The van der Waals surface area contributed by atoms with Gasteiger partial charge < -0.3 is 11.1 Å². The second-order valence-corrected chi connectivity index (χ2v) is 6.24. The van der Waals surface area contributed by atoms with Crippen molar-refractivity contribution in [3.63, 3.8) is 0 Å². The van der Waals surface area contributed by atoms with Gasteiger partial charge in [0.15, 0.2) is 5.82 Å². The lowest BCUT2D eigenvalue weighted by Crippen LogP contribution is -2.12. The normalized spacial score (nSPS) is 18.6. The molecule has 1 heterocycles. The summed E-state index contributed by atoms with van der Waals surface area (Å²) in [7, 11) is 0. The van der Waals surface area contributed by atoms with Crippen molar-refractivity contribution in [1.82, 2.24) is 9.97 Å². The fourth-order valence-corrected chi connectivity index (χ4v) is 2.90. The molecule has 2 atom stereocenters. The summed E-state index contributed by atoms with van der Waals surface area (Å²) in [6, 6.07) is 17.2. The van der Waals surface area contributed by atoms with E-state index in [0.29, 0.717) is 23.0 Å². The first-order chi connectivity index (χ1) is 12.2. The number of hydrogen-bond acceptors (Lipinski definition) is 4. The van der Waals surface area contributed by atoms with Crippen LogP contribution in [-0.4, -0.2) is 21.9 Å². The van der Waals surface area contributed by atoms with Crippen molar-refractivity contribution in [1.29, 1.82) is 0 Å². The highest BCUT2D eigenvalue weighted by Gasteiger charge is 2.34. The minimum Gasteiger partial charge on any atom is -0.327 e. The van der Waals surface area contributed by atoms with Gasteiger partial charge in [0.2, 0.25) is 0 Å². The number of rotatable bonds is 4. The van der Waals surface area contributed by atoms with Gasteiger partial charge >= 0.3 is 0 Å². The van der Waals surface area contributed by atoms with Crippen LogP contribution in [0.4, 0.5) is 5.69 Å². The third kappa shape index (κ3) is 3.41. The van der Waals surface area contributed by atoms with Gasteiger partial charge in [-0.3, -0.25) is 4.79 Å². The zero-order valence-electron chi connectivity index (χ0n) is 13.6. The predicted molar refractivity (Wildman–Crippen MR) is 97.2 cm³/mol. The van der Waals surface area contributed by atoms with Crippen molar-refractivity contribution in [2.24, 2.45) is 5.73 Å². The standard InChI is InChI=1S/C20H18N4O/c21-18-12-17(18)13-4-1-6-15(10-13)20(25)24-16-7-2-5-14(11-16)19-22-8-3-9-23-19/h1-11,17-18H,12,21H2,(H,24,25)/t17-,18+/m0/s1. The van der Waals surface area contributed by atoms with Crippen molar-refractivity contribution in [3.8, 4) is 11.4 Å². The Bertz CT molecular complexity index is 910. The number of hydrogen-bond donors (Lipinski definition) is 2. The number of nitrogens with zero attached hydrogens (tertiary/aromatic N) is 2. The highest BCUT2D eigenvalue weighted by molar-refractivity contribution is 6.04. The summed E-state index contributed by atoms with van der Waals surface area (Å²) in [6.45, 7) is 0. The Balaban J connectivity index is 1.53. The second-order valence-electron chi connectivity index (χ2n) is 6.24. The summed E-state index contributed by atoms with van der Waals surface area (Å²) in [5.41, 5.74) is 9.24. The van der Waals surface area contributed by atoms with E-state index < -0.39 is 0 Å². The molecule has 1 fully saturated rings. The molecule has 0 spiro atoms. The van der Waals surface area contributed by atoms with Gasteiger partial charge in [0.25, 0.3) is 5.91 Å². The summed E-state index contributed by atoms with van der Waals surface area (Å²) in [6.07, 6.45) is 4.38. The Labute approximate surface area is 145 Å². The van der Waals surface area contributed by atoms with Crippen LogP contribution < -0.4 is 11.1 Å². The maximum absolute atomic E-state index is 12.6. The van der Waals surface area contributed by atoms with Crippen LogP contribution in [0.5, 0.6) is 0 Å². The average Bonchev–Trinajstić information content (AvgIpc) is 3.39. The van der Waals surface area contributed by atoms with Gasteiger partial charge in [0, 0.05) is 41.2 Å². The summed E-state index contributed by atoms with van der Waals surface area (Å²) < 4.78 is 0. The van der Waals surface area contributed by atoms with Crippen LogP contribution in [0.3, 0.4) is 0 Å². The number of anilines is 1. The molecule has 2 aromatic carbocycles. The first-order valence-corrected chi connectivity index (χ1v) is 8.25. The summed E-state index contributed by atoms with van der Waals surface area (Å²) >= 11 is 0. The van der Waals surface area contributed by atoms with Crippen molar-refractivity contribution < 1.29 is 4.79 Å². The first-order valence-electron chi connectivity index (χ1n) is 8.25. The van der Waals surface area contributed by atoms with Crippen LogP contribution in [0.1, 0.15) is 28.3 Å². The van der Waals surface area contributed by atoms with Gasteiger partial charge in [-0.05, 0) is 42.3 Å². The van der Waals surface area contributed by atoms with Gasteiger partial charge in [-0.25, -0.2) is 9.97 Å². The van der Waals surface area contributed by atoms with E-state index in [0.717, 1.165) is 17.5 Å². The molecule has 4 rings (SSSR count). The molecular formula is C20H18N4O. The molecule has 3 aromatic rings. The third-order valence-corrected chi connectivity index (χ3v) is 4.36. The zero-order chi connectivity index (χ0) is 17.2. The van der Waals surface area contributed by atoms with Gasteiger partial charge in [-0.15, -0.1) is 0 Å². The molecule has 1 aliphatic rings. The van der Waals surface area contributed by atoms with Crippen LogP contribution in [0, 0.1) is 0 Å².